The molecule has 3 atom stereocenters. The average Bonchev–Trinajstić information content (AvgIpc) is 3.59. The third-order valence-electron chi connectivity index (χ3n) is 7.01. The van der Waals surface area contributed by atoms with Crippen LogP contribution in [-0.2, 0) is 11.3 Å². The Bertz CT molecular complexity index is 722. The highest BCUT2D eigenvalue weighted by Crippen LogP contribution is 2.37. The molecule has 1 aromatic carbocycles. The van der Waals surface area contributed by atoms with Gasteiger partial charge in [-0.3, -0.25) is 9.69 Å². The number of nitrogens with zero attached hydrogens (tertiary/aromatic N) is 2. The standard InChI is InChI=1S/C23H33FN2O3/c1-29-19-11-8-17(20(24)13-19)14-26(18-9-10-18)22(15-27)23(28)25-12-4-6-16-5-2-3-7-21(16)25/h8,11,13,16,18,21-22,27H,2-7,9-10,12,14-15H2,1H3/t16-,21+,22-/m1/s1. The lowest BCUT2D eigenvalue weighted by Crippen LogP contribution is -2.57. The van der Waals surface area contributed by atoms with E-state index in [1.165, 1.54) is 38.9 Å². The zero-order valence-corrected chi connectivity index (χ0v) is 17.4. The van der Waals surface area contributed by atoms with E-state index in [2.05, 4.69) is 0 Å². The number of benzene rings is 1. The third-order valence-corrected chi connectivity index (χ3v) is 7.01. The number of aliphatic hydroxyl groups is 1. The molecule has 0 aromatic heterocycles. The molecule has 0 radical (unpaired) electrons. The quantitative estimate of drug-likeness (QED) is 0.757. The average molecular weight is 405 g/mol. The van der Waals surface area contributed by atoms with Gasteiger partial charge in [0.25, 0.3) is 0 Å². The van der Waals surface area contributed by atoms with Crippen molar-refractivity contribution in [3.8, 4) is 5.75 Å². The molecule has 0 unspecified atom stereocenters. The van der Waals surface area contributed by atoms with Crippen molar-refractivity contribution in [2.45, 2.75) is 76.0 Å². The molecule has 1 heterocycles. The van der Waals surface area contributed by atoms with Crippen LogP contribution in [0.2, 0.25) is 0 Å². The van der Waals surface area contributed by atoms with Crippen LogP contribution in [0.5, 0.6) is 5.75 Å². The molecule has 1 N–H and O–H groups in total. The smallest absolute Gasteiger partial charge is 0.242 e. The van der Waals surface area contributed by atoms with Gasteiger partial charge in [-0.15, -0.1) is 0 Å². The lowest BCUT2D eigenvalue weighted by Gasteiger charge is -2.46. The Morgan fingerprint density at radius 2 is 2.00 bits per heavy atom. The van der Waals surface area contributed by atoms with Crippen LogP contribution >= 0.6 is 0 Å². The summed E-state index contributed by atoms with van der Waals surface area (Å²) in [6.45, 7) is 0.895. The van der Waals surface area contributed by atoms with Crippen LogP contribution in [0, 0.1) is 11.7 Å². The predicted molar refractivity (Wildman–Crippen MR) is 109 cm³/mol. The number of aliphatic hydroxyl groups excluding tert-OH is 1. The van der Waals surface area contributed by atoms with E-state index in [-0.39, 0.29) is 24.4 Å². The Hall–Kier alpha value is -1.66. The van der Waals surface area contributed by atoms with Gasteiger partial charge < -0.3 is 14.7 Å². The summed E-state index contributed by atoms with van der Waals surface area (Å²) in [7, 11) is 1.52. The van der Waals surface area contributed by atoms with E-state index in [1.54, 1.807) is 12.1 Å². The van der Waals surface area contributed by atoms with E-state index in [4.69, 9.17) is 4.74 Å². The molecule has 29 heavy (non-hydrogen) atoms. The minimum atomic E-state index is -0.593. The Morgan fingerprint density at radius 3 is 2.69 bits per heavy atom. The van der Waals surface area contributed by atoms with E-state index in [0.717, 1.165) is 32.2 Å². The summed E-state index contributed by atoms with van der Waals surface area (Å²) in [6.07, 6.45) is 8.97. The molecule has 1 aromatic rings. The zero-order chi connectivity index (χ0) is 20.4. The van der Waals surface area contributed by atoms with Gasteiger partial charge in [0, 0.05) is 36.8 Å². The van der Waals surface area contributed by atoms with Crippen molar-refractivity contribution in [3.63, 3.8) is 0 Å². The number of methoxy groups -OCH3 is 1. The van der Waals surface area contributed by atoms with E-state index in [0.29, 0.717) is 29.8 Å². The minimum absolute atomic E-state index is 0.0323. The maximum Gasteiger partial charge on any atom is 0.242 e. The number of rotatable bonds is 7. The lowest BCUT2D eigenvalue weighted by atomic mass is 9.78. The predicted octanol–water partition coefficient (Wildman–Crippen LogP) is 3.34. The molecule has 6 heteroatoms. The van der Waals surface area contributed by atoms with Gasteiger partial charge in [0.05, 0.1) is 13.7 Å². The molecule has 0 bridgehead atoms. The van der Waals surface area contributed by atoms with Gasteiger partial charge in [-0.05, 0) is 50.5 Å². The molecular weight excluding hydrogens is 371 g/mol. The van der Waals surface area contributed by atoms with Gasteiger partial charge >= 0.3 is 0 Å². The van der Waals surface area contributed by atoms with Gasteiger partial charge in [0.1, 0.15) is 17.6 Å². The first kappa shape index (κ1) is 20.6. The molecule has 3 fully saturated rings. The van der Waals surface area contributed by atoms with Crippen LogP contribution in [0.15, 0.2) is 18.2 Å². The first-order valence-corrected chi connectivity index (χ1v) is 11.1. The molecule has 1 saturated heterocycles. The van der Waals surface area contributed by atoms with Gasteiger partial charge in [0.15, 0.2) is 0 Å². The second kappa shape index (κ2) is 9.00. The van der Waals surface area contributed by atoms with Crippen molar-refractivity contribution < 1.29 is 19.0 Å². The third kappa shape index (κ3) is 4.43. The first-order chi connectivity index (χ1) is 14.1. The molecule has 4 rings (SSSR count). The van der Waals surface area contributed by atoms with Crippen molar-refractivity contribution in [1.82, 2.24) is 9.80 Å². The van der Waals surface area contributed by atoms with Crippen molar-refractivity contribution in [3.05, 3.63) is 29.6 Å². The second-order valence-corrected chi connectivity index (χ2v) is 8.84. The Balaban J connectivity index is 1.53. The monoisotopic (exact) mass is 404 g/mol. The highest BCUT2D eigenvalue weighted by atomic mass is 19.1. The van der Waals surface area contributed by atoms with Crippen molar-refractivity contribution in [2.75, 3.05) is 20.3 Å². The Labute approximate surface area is 172 Å². The number of carbonyl (C=O) groups is 1. The zero-order valence-electron chi connectivity index (χ0n) is 17.4. The summed E-state index contributed by atoms with van der Waals surface area (Å²) in [6, 6.07) is 4.82. The normalized spacial score (nSPS) is 25.6. The topological polar surface area (TPSA) is 53.0 Å². The Kier molecular flexibility index (Phi) is 6.40. The number of piperidine rings is 1. The van der Waals surface area contributed by atoms with Crippen LogP contribution in [0.3, 0.4) is 0 Å². The largest absolute Gasteiger partial charge is 0.497 e. The molecule has 0 spiro atoms. The van der Waals surface area contributed by atoms with Crippen LogP contribution in [0.1, 0.15) is 56.9 Å². The number of likely N-dealkylation sites (tertiary alicyclic amines) is 1. The minimum Gasteiger partial charge on any atom is -0.497 e. The molecule has 1 aliphatic heterocycles. The fourth-order valence-corrected chi connectivity index (χ4v) is 5.29. The number of fused-ring (bicyclic) bond motifs is 1. The molecule has 2 saturated carbocycles. The summed E-state index contributed by atoms with van der Waals surface area (Å²) in [5, 5.41) is 10.2. The highest BCUT2D eigenvalue weighted by molar-refractivity contribution is 5.82. The van der Waals surface area contributed by atoms with E-state index >= 15 is 0 Å². The molecule has 2 aliphatic carbocycles. The van der Waals surface area contributed by atoms with E-state index in [1.807, 2.05) is 9.80 Å². The maximum atomic E-state index is 14.6. The number of ether oxygens (including phenoxy) is 1. The van der Waals surface area contributed by atoms with E-state index < -0.39 is 6.04 Å². The summed E-state index contributed by atoms with van der Waals surface area (Å²) >= 11 is 0. The summed E-state index contributed by atoms with van der Waals surface area (Å²) < 4.78 is 19.7. The molecule has 160 valence electrons. The molecule has 1 amide bonds. The second-order valence-electron chi connectivity index (χ2n) is 8.84. The van der Waals surface area contributed by atoms with Crippen molar-refractivity contribution in [2.24, 2.45) is 5.92 Å². The number of hydrogen-bond donors (Lipinski definition) is 1. The number of halogens is 1. The summed E-state index contributed by atoms with van der Waals surface area (Å²) in [5.74, 6) is 0.791. The van der Waals surface area contributed by atoms with Crippen LogP contribution in [0.4, 0.5) is 4.39 Å². The number of carbonyl (C=O) groups excluding carboxylic acids is 1. The van der Waals surface area contributed by atoms with Crippen LogP contribution in [0.25, 0.3) is 0 Å². The number of amides is 1. The fourth-order valence-electron chi connectivity index (χ4n) is 5.29. The lowest BCUT2D eigenvalue weighted by molar-refractivity contribution is -0.145. The van der Waals surface area contributed by atoms with E-state index in [9.17, 15) is 14.3 Å². The molecule has 3 aliphatic rings. The SMILES string of the molecule is COc1ccc(CN(C2CC2)[C@H](CO)C(=O)N2CCC[C@H]3CCCC[C@@H]32)c(F)c1. The molecular formula is C23H33FN2O3. The van der Waals surface area contributed by atoms with Gasteiger partial charge in [-0.1, -0.05) is 18.9 Å². The fraction of sp³-hybridized carbons (Fsp3) is 0.696. The Morgan fingerprint density at radius 1 is 1.24 bits per heavy atom. The highest BCUT2D eigenvalue weighted by Gasteiger charge is 2.43. The van der Waals surface area contributed by atoms with Crippen molar-refractivity contribution in [1.29, 1.82) is 0 Å². The summed E-state index contributed by atoms with van der Waals surface area (Å²) in [5.41, 5.74) is 0.540. The van der Waals surface area contributed by atoms with Gasteiger partial charge in [-0.25, -0.2) is 4.39 Å². The van der Waals surface area contributed by atoms with Gasteiger partial charge in [-0.2, -0.15) is 0 Å². The number of hydrogen-bond acceptors (Lipinski definition) is 4. The maximum absolute atomic E-state index is 14.6. The first-order valence-electron chi connectivity index (χ1n) is 11.1. The summed E-state index contributed by atoms with van der Waals surface area (Å²) in [4.78, 5) is 17.6. The van der Waals surface area contributed by atoms with Gasteiger partial charge in [0.2, 0.25) is 5.91 Å². The van der Waals surface area contributed by atoms with Crippen molar-refractivity contribution >= 4 is 5.91 Å². The van der Waals surface area contributed by atoms with Crippen LogP contribution < -0.4 is 4.74 Å². The molecule has 5 nitrogen and oxygen atoms in total. The van der Waals surface area contributed by atoms with Crippen LogP contribution in [-0.4, -0.2) is 59.2 Å².